The topological polar surface area (TPSA) is 91.8 Å². The predicted octanol–water partition coefficient (Wildman–Crippen LogP) is 3.72. The highest BCUT2D eigenvalue weighted by Crippen LogP contribution is 2.40. The Morgan fingerprint density at radius 3 is 2.50 bits per heavy atom. The van der Waals surface area contributed by atoms with Crippen molar-refractivity contribution < 1.29 is 32.6 Å². The fourth-order valence-corrected chi connectivity index (χ4v) is 4.95. The lowest BCUT2D eigenvalue weighted by atomic mass is 9.81. The Balaban J connectivity index is 1.36. The second kappa shape index (κ2) is 11.3. The molecular formula is C26H30F3N3O4. The van der Waals surface area contributed by atoms with Crippen LogP contribution in [0.25, 0.3) is 0 Å². The second-order valence-corrected chi connectivity index (χ2v) is 9.45. The number of halogens is 3. The number of hydrogen-bond donors (Lipinski definition) is 2. The minimum Gasteiger partial charge on any atom is -0.489 e. The Morgan fingerprint density at radius 1 is 1.08 bits per heavy atom. The first-order valence-corrected chi connectivity index (χ1v) is 12.2. The summed E-state index contributed by atoms with van der Waals surface area (Å²) in [4.78, 5) is 31.5. The Bertz CT molecular complexity index is 1040. The number of likely N-dealkylation sites (tertiary alicyclic amines) is 1. The molecule has 0 radical (unpaired) electrons. The molecule has 2 aromatic rings. The summed E-state index contributed by atoms with van der Waals surface area (Å²) in [5.74, 6) is -2.25. The molecule has 36 heavy (non-hydrogen) atoms. The molecule has 1 aliphatic heterocycles. The minimum absolute atomic E-state index is 0.0331. The van der Waals surface area contributed by atoms with Gasteiger partial charge in [-0.2, -0.15) is 13.2 Å². The molecule has 7 nitrogen and oxygen atoms in total. The molecule has 2 aliphatic rings. The number of hydrogen-bond acceptors (Lipinski definition) is 5. The van der Waals surface area contributed by atoms with Crippen LogP contribution in [0, 0.1) is 11.8 Å². The van der Waals surface area contributed by atoms with Gasteiger partial charge in [0.25, 0.3) is 5.91 Å². The Morgan fingerprint density at radius 2 is 1.81 bits per heavy atom. The predicted molar refractivity (Wildman–Crippen MR) is 125 cm³/mol. The molecule has 0 spiro atoms. The number of nitrogens with one attached hydrogen (secondary N) is 1. The van der Waals surface area contributed by atoms with Crippen molar-refractivity contribution in [2.75, 3.05) is 13.2 Å². The average Bonchev–Trinajstić information content (AvgIpc) is 3.26. The van der Waals surface area contributed by atoms with Crippen molar-refractivity contribution in [3.8, 4) is 5.75 Å². The maximum atomic E-state index is 13.1. The largest absolute Gasteiger partial charge is 0.489 e. The number of amides is 2. The lowest BCUT2D eigenvalue weighted by molar-refractivity contribution is -0.185. The molecule has 0 unspecified atom stereocenters. The number of nitrogens with zero attached hydrogens (tertiary/aromatic N) is 2. The summed E-state index contributed by atoms with van der Waals surface area (Å²) in [7, 11) is 0. The number of β-amino-alcohol motifs (C(OH)–C–C–N with tert-alkyl or cyclic N) is 1. The first-order valence-electron chi connectivity index (χ1n) is 12.2. The summed E-state index contributed by atoms with van der Waals surface area (Å²) in [6, 6.07) is 12.2. The molecule has 1 aromatic carbocycles. The number of aliphatic hydroxyl groups excluding tert-OH is 1. The van der Waals surface area contributed by atoms with Gasteiger partial charge < -0.3 is 20.1 Å². The zero-order valence-corrected chi connectivity index (χ0v) is 19.8. The Kier molecular flexibility index (Phi) is 8.13. The Labute approximate surface area is 207 Å². The third kappa shape index (κ3) is 6.34. The van der Waals surface area contributed by atoms with Crippen molar-refractivity contribution in [3.63, 3.8) is 0 Å². The molecule has 2 amide bonds. The number of aliphatic hydroxyl groups is 1. The number of aromatic nitrogens is 1. The van der Waals surface area contributed by atoms with Crippen LogP contribution < -0.4 is 10.1 Å². The summed E-state index contributed by atoms with van der Waals surface area (Å²) in [5, 5.41) is 13.0. The maximum absolute atomic E-state index is 13.1. The molecule has 2 N–H and O–H groups in total. The second-order valence-electron chi connectivity index (χ2n) is 9.45. The van der Waals surface area contributed by atoms with E-state index in [4.69, 9.17) is 4.74 Å². The summed E-state index contributed by atoms with van der Waals surface area (Å²) in [5.41, 5.74) is 1.04. The number of benzene rings is 1. The van der Waals surface area contributed by atoms with E-state index in [0.717, 1.165) is 5.56 Å². The third-order valence-electron chi connectivity index (χ3n) is 6.93. The lowest BCUT2D eigenvalue weighted by Crippen LogP contribution is -2.44. The molecule has 10 heteroatoms. The number of carbonyl (C=O) groups excluding carboxylic acids is 2. The van der Waals surface area contributed by atoms with Crippen LogP contribution in [0.3, 0.4) is 0 Å². The fraction of sp³-hybridized carbons (Fsp3) is 0.500. The highest BCUT2D eigenvalue weighted by molar-refractivity contribution is 5.94. The van der Waals surface area contributed by atoms with E-state index in [2.05, 4.69) is 10.3 Å². The zero-order chi connectivity index (χ0) is 25.7. The number of alkyl halides is 3. The van der Waals surface area contributed by atoms with Crippen molar-refractivity contribution in [2.24, 2.45) is 11.8 Å². The van der Waals surface area contributed by atoms with E-state index in [1.54, 1.807) is 12.1 Å². The first kappa shape index (κ1) is 25.9. The van der Waals surface area contributed by atoms with Crippen molar-refractivity contribution in [3.05, 3.63) is 59.9 Å². The molecule has 0 bridgehead atoms. The van der Waals surface area contributed by atoms with Crippen LogP contribution in [0.5, 0.6) is 5.75 Å². The van der Waals surface area contributed by atoms with Crippen LogP contribution in [0.4, 0.5) is 13.2 Å². The maximum Gasteiger partial charge on any atom is 0.391 e. The van der Waals surface area contributed by atoms with Crippen molar-refractivity contribution in [1.29, 1.82) is 0 Å². The highest BCUT2D eigenvalue weighted by Gasteiger charge is 2.44. The molecule has 1 aromatic heterocycles. The van der Waals surface area contributed by atoms with E-state index in [1.807, 2.05) is 30.3 Å². The summed E-state index contributed by atoms with van der Waals surface area (Å²) >= 11 is 0. The highest BCUT2D eigenvalue weighted by atomic mass is 19.4. The smallest absolute Gasteiger partial charge is 0.391 e. The van der Waals surface area contributed by atoms with Crippen LogP contribution in [0.15, 0.2) is 48.7 Å². The zero-order valence-electron chi connectivity index (χ0n) is 19.8. The van der Waals surface area contributed by atoms with Gasteiger partial charge in [-0.1, -0.05) is 30.3 Å². The van der Waals surface area contributed by atoms with Gasteiger partial charge >= 0.3 is 6.18 Å². The summed E-state index contributed by atoms with van der Waals surface area (Å²) in [6.07, 6.45) is -2.96. The number of pyridine rings is 1. The van der Waals surface area contributed by atoms with Crippen LogP contribution in [-0.4, -0.2) is 58.3 Å². The van der Waals surface area contributed by atoms with Crippen molar-refractivity contribution in [2.45, 2.75) is 57.0 Å². The molecule has 194 valence electrons. The van der Waals surface area contributed by atoms with E-state index >= 15 is 0 Å². The molecule has 4 rings (SSSR count). The van der Waals surface area contributed by atoms with Gasteiger partial charge in [-0.05, 0) is 49.8 Å². The lowest BCUT2D eigenvalue weighted by Gasteiger charge is -2.33. The minimum atomic E-state index is -4.23. The summed E-state index contributed by atoms with van der Waals surface area (Å²) in [6.45, 7) is 0.470. The van der Waals surface area contributed by atoms with Gasteiger partial charge in [-0.25, -0.2) is 4.98 Å². The number of ether oxygens (including phenoxy) is 1. The van der Waals surface area contributed by atoms with Gasteiger partial charge in [0.2, 0.25) is 5.91 Å². The van der Waals surface area contributed by atoms with Crippen LogP contribution in [0.2, 0.25) is 0 Å². The SMILES string of the molecule is O=C(NCc1ccccc1)c1ncccc1OC[C@H]1C[C@H](O)CN1C(=O)C1CCC(C(F)(F)F)CC1. The monoisotopic (exact) mass is 505 g/mol. The molecule has 1 saturated carbocycles. The van der Waals surface area contributed by atoms with E-state index < -0.39 is 36.1 Å². The molecular weight excluding hydrogens is 475 g/mol. The van der Waals surface area contributed by atoms with Gasteiger partial charge in [-0.3, -0.25) is 9.59 Å². The molecule has 2 fully saturated rings. The van der Waals surface area contributed by atoms with Crippen LogP contribution in [-0.2, 0) is 11.3 Å². The van der Waals surface area contributed by atoms with Crippen LogP contribution in [0.1, 0.15) is 48.2 Å². The van der Waals surface area contributed by atoms with E-state index in [9.17, 15) is 27.9 Å². The quantitative estimate of drug-likeness (QED) is 0.599. The van der Waals surface area contributed by atoms with E-state index in [1.165, 1.54) is 11.1 Å². The molecule has 1 saturated heterocycles. The summed E-state index contributed by atoms with van der Waals surface area (Å²) < 4.78 is 44.9. The number of carbonyl (C=O) groups is 2. The van der Waals surface area contributed by atoms with E-state index in [-0.39, 0.29) is 56.2 Å². The van der Waals surface area contributed by atoms with Gasteiger partial charge in [0.05, 0.1) is 18.1 Å². The van der Waals surface area contributed by atoms with Crippen molar-refractivity contribution >= 4 is 11.8 Å². The molecule has 2 atom stereocenters. The van der Waals surface area contributed by atoms with Crippen LogP contribution >= 0.6 is 0 Å². The molecule has 2 heterocycles. The average molecular weight is 506 g/mol. The standard InChI is InChI=1S/C26H30F3N3O4/c27-26(28,29)19-10-8-18(9-11-19)25(35)32-15-21(33)13-20(32)16-36-22-7-4-12-30-23(22)24(34)31-14-17-5-2-1-3-6-17/h1-7,12,18-21,33H,8-11,13-16H2,(H,31,34)/t18?,19?,20-,21+/m1/s1. The fourth-order valence-electron chi connectivity index (χ4n) is 4.95. The first-order chi connectivity index (χ1) is 17.2. The van der Waals surface area contributed by atoms with Crippen molar-refractivity contribution in [1.82, 2.24) is 15.2 Å². The van der Waals surface area contributed by atoms with Gasteiger partial charge in [-0.15, -0.1) is 0 Å². The van der Waals surface area contributed by atoms with E-state index in [0.29, 0.717) is 13.0 Å². The Hall–Kier alpha value is -3.14. The third-order valence-corrected chi connectivity index (χ3v) is 6.93. The molecule has 1 aliphatic carbocycles. The van der Waals surface area contributed by atoms with Gasteiger partial charge in [0.15, 0.2) is 11.4 Å². The number of rotatable bonds is 7. The van der Waals surface area contributed by atoms with Gasteiger partial charge in [0.1, 0.15) is 6.61 Å². The normalized spacial score (nSPS) is 24.4. The van der Waals surface area contributed by atoms with Gasteiger partial charge in [0, 0.05) is 25.2 Å².